The van der Waals surface area contributed by atoms with Crippen molar-refractivity contribution in [2.24, 2.45) is 10.7 Å². The molecule has 0 aliphatic heterocycles. The van der Waals surface area contributed by atoms with Crippen molar-refractivity contribution in [1.29, 1.82) is 0 Å². The maximum atomic E-state index is 12.4. The number of alkyl halides is 3. The highest BCUT2D eigenvalue weighted by atomic mass is 127. The van der Waals surface area contributed by atoms with Crippen LogP contribution >= 0.6 is 24.0 Å². The molecule has 3 N–H and O–H groups in total. The van der Waals surface area contributed by atoms with Crippen molar-refractivity contribution in [2.45, 2.75) is 12.8 Å². The molecular formula is C18H22F3IN4O. The highest BCUT2D eigenvalue weighted by molar-refractivity contribution is 14.0. The van der Waals surface area contributed by atoms with Gasteiger partial charge in [0, 0.05) is 25.8 Å². The maximum absolute atomic E-state index is 12.4. The predicted molar refractivity (Wildman–Crippen MR) is 113 cm³/mol. The summed E-state index contributed by atoms with van der Waals surface area (Å²) in [4.78, 5) is 6.23. The number of ether oxygens (including phenoxy) is 1. The van der Waals surface area contributed by atoms with Gasteiger partial charge in [0.1, 0.15) is 0 Å². The molecule has 0 spiro atoms. The van der Waals surface area contributed by atoms with Crippen LogP contribution in [0.5, 0.6) is 5.75 Å². The third-order valence-corrected chi connectivity index (χ3v) is 3.51. The largest absolute Gasteiger partial charge is 0.573 e. The standard InChI is InChI=1S/C18H21F3N4O.HI/c1-25(14-8-3-2-4-9-14)13-7-12-23-17(22)24-15-10-5-6-11-16(15)26-18(19,20)21;/h2-6,8-11H,7,12-13H2,1H3,(H3,22,23,24);1H. The van der Waals surface area contributed by atoms with Crippen molar-refractivity contribution in [1.82, 2.24) is 0 Å². The van der Waals surface area contributed by atoms with E-state index in [4.69, 9.17) is 5.73 Å². The van der Waals surface area contributed by atoms with Crippen LogP contribution in [0.25, 0.3) is 0 Å². The van der Waals surface area contributed by atoms with Crippen LogP contribution in [0.3, 0.4) is 0 Å². The molecular weight excluding hydrogens is 472 g/mol. The Kier molecular flexibility index (Phi) is 9.19. The number of para-hydroxylation sites is 3. The Morgan fingerprint density at radius 3 is 2.41 bits per heavy atom. The second-order valence-electron chi connectivity index (χ2n) is 5.55. The molecule has 0 unspecified atom stereocenters. The Balaban J connectivity index is 0.00000364. The highest BCUT2D eigenvalue weighted by Crippen LogP contribution is 2.29. The van der Waals surface area contributed by atoms with E-state index in [9.17, 15) is 13.2 Å². The van der Waals surface area contributed by atoms with E-state index in [2.05, 4.69) is 19.9 Å². The van der Waals surface area contributed by atoms with Gasteiger partial charge in [-0.1, -0.05) is 30.3 Å². The summed E-state index contributed by atoms with van der Waals surface area (Å²) in [5.74, 6) is -0.326. The molecule has 0 aliphatic carbocycles. The molecule has 0 amide bonds. The first-order valence-electron chi connectivity index (χ1n) is 8.03. The fraction of sp³-hybridized carbons (Fsp3) is 0.278. The van der Waals surface area contributed by atoms with E-state index in [0.717, 1.165) is 18.7 Å². The average molecular weight is 494 g/mol. The highest BCUT2D eigenvalue weighted by Gasteiger charge is 2.32. The van der Waals surface area contributed by atoms with E-state index in [0.29, 0.717) is 6.54 Å². The zero-order valence-electron chi connectivity index (χ0n) is 14.7. The molecule has 148 valence electrons. The first-order valence-corrected chi connectivity index (χ1v) is 8.03. The summed E-state index contributed by atoms with van der Waals surface area (Å²) < 4.78 is 41.2. The van der Waals surface area contributed by atoms with Crippen LogP contribution in [0, 0.1) is 0 Å². The van der Waals surface area contributed by atoms with E-state index in [-0.39, 0.29) is 41.4 Å². The number of hydrogen-bond acceptors (Lipinski definition) is 3. The number of nitrogens with one attached hydrogen (secondary N) is 1. The van der Waals surface area contributed by atoms with Crippen molar-refractivity contribution in [3.8, 4) is 5.75 Å². The minimum atomic E-state index is -4.77. The Bertz CT molecular complexity index is 726. The van der Waals surface area contributed by atoms with Gasteiger partial charge in [0.05, 0.1) is 5.69 Å². The molecule has 2 rings (SSSR count). The Morgan fingerprint density at radius 1 is 1.11 bits per heavy atom. The lowest BCUT2D eigenvalue weighted by atomic mass is 10.3. The fourth-order valence-electron chi connectivity index (χ4n) is 2.28. The van der Waals surface area contributed by atoms with Gasteiger partial charge in [0.25, 0.3) is 0 Å². The van der Waals surface area contributed by atoms with Crippen molar-refractivity contribution in [3.05, 3.63) is 54.6 Å². The van der Waals surface area contributed by atoms with Crippen molar-refractivity contribution in [2.75, 3.05) is 30.4 Å². The third-order valence-electron chi connectivity index (χ3n) is 3.51. The Hall–Kier alpha value is -2.17. The first-order chi connectivity index (χ1) is 12.3. The van der Waals surface area contributed by atoms with Crippen LogP contribution < -0.4 is 20.7 Å². The fourth-order valence-corrected chi connectivity index (χ4v) is 2.28. The number of anilines is 2. The van der Waals surface area contributed by atoms with Crippen LogP contribution in [0.4, 0.5) is 24.5 Å². The number of halogens is 4. The van der Waals surface area contributed by atoms with Gasteiger partial charge in [0.15, 0.2) is 11.7 Å². The lowest BCUT2D eigenvalue weighted by molar-refractivity contribution is -0.274. The molecule has 2 aromatic rings. The summed E-state index contributed by atoms with van der Waals surface area (Å²) in [7, 11) is 1.98. The van der Waals surface area contributed by atoms with Gasteiger partial charge >= 0.3 is 6.36 Å². The molecule has 5 nitrogen and oxygen atoms in total. The number of guanidine groups is 1. The quantitative estimate of drug-likeness (QED) is 0.259. The number of rotatable bonds is 7. The molecule has 27 heavy (non-hydrogen) atoms. The minimum Gasteiger partial charge on any atom is -0.404 e. The van der Waals surface area contributed by atoms with Gasteiger partial charge in [-0.2, -0.15) is 0 Å². The molecule has 0 aliphatic rings. The topological polar surface area (TPSA) is 62.9 Å². The van der Waals surface area contributed by atoms with Gasteiger partial charge in [-0.3, -0.25) is 4.99 Å². The van der Waals surface area contributed by atoms with E-state index in [1.54, 1.807) is 6.07 Å². The van der Waals surface area contributed by atoms with Gasteiger partial charge < -0.3 is 20.7 Å². The van der Waals surface area contributed by atoms with Crippen LogP contribution in [-0.4, -0.2) is 32.5 Å². The molecule has 0 heterocycles. The first kappa shape index (κ1) is 22.9. The summed E-state index contributed by atoms with van der Waals surface area (Å²) in [6.45, 7) is 1.22. The van der Waals surface area contributed by atoms with Gasteiger partial charge in [-0.05, 0) is 30.7 Å². The van der Waals surface area contributed by atoms with E-state index in [1.165, 1.54) is 18.2 Å². The second-order valence-corrected chi connectivity index (χ2v) is 5.55. The summed E-state index contributed by atoms with van der Waals surface area (Å²) in [5.41, 5.74) is 6.96. The normalized spacial score (nSPS) is 11.5. The molecule has 0 atom stereocenters. The van der Waals surface area contributed by atoms with E-state index in [1.807, 2.05) is 37.4 Å². The molecule has 0 fully saturated rings. The Morgan fingerprint density at radius 2 is 1.74 bits per heavy atom. The van der Waals surface area contributed by atoms with E-state index < -0.39 is 6.36 Å². The average Bonchev–Trinajstić information content (AvgIpc) is 2.60. The van der Waals surface area contributed by atoms with Crippen LogP contribution in [0.15, 0.2) is 59.6 Å². The van der Waals surface area contributed by atoms with Gasteiger partial charge in [0.2, 0.25) is 0 Å². The lowest BCUT2D eigenvalue weighted by Gasteiger charge is -2.18. The number of nitrogens with two attached hydrogens (primary N) is 1. The summed E-state index contributed by atoms with van der Waals surface area (Å²) >= 11 is 0. The Labute approximate surface area is 173 Å². The number of aliphatic imine (C=N–C) groups is 1. The minimum absolute atomic E-state index is 0. The van der Waals surface area contributed by atoms with Gasteiger partial charge in [-0.15, -0.1) is 37.1 Å². The van der Waals surface area contributed by atoms with Crippen LogP contribution in [-0.2, 0) is 0 Å². The third kappa shape index (κ3) is 8.37. The zero-order chi connectivity index (χ0) is 19.0. The van der Waals surface area contributed by atoms with Crippen LogP contribution in [0.1, 0.15) is 6.42 Å². The molecule has 9 heteroatoms. The zero-order valence-corrected chi connectivity index (χ0v) is 17.1. The molecule has 0 bridgehead atoms. The SMILES string of the molecule is CN(CCCN=C(N)Nc1ccccc1OC(F)(F)F)c1ccccc1.I. The number of nitrogens with zero attached hydrogens (tertiary/aromatic N) is 2. The monoisotopic (exact) mass is 494 g/mol. The smallest absolute Gasteiger partial charge is 0.404 e. The lowest BCUT2D eigenvalue weighted by Crippen LogP contribution is -2.25. The summed E-state index contributed by atoms with van der Waals surface area (Å²) in [6, 6.07) is 15.6. The van der Waals surface area contributed by atoms with Crippen molar-refractivity contribution in [3.63, 3.8) is 0 Å². The molecule has 0 saturated carbocycles. The molecule has 0 radical (unpaired) electrons. The molecule has 0 aromatic heterocycles. The van der Waals surface area contributed by atoms with E-state index >= 15 is 0 Å². The van der Waals surface area contributed by atoms with Crippen LogP contribution in [0.2, 0.25) is 0 Å². The van der Waals surface area contributed by atoms with Crippen molar-refractivity contribution < 1.29 is 17.9 Å². The predicted octanol–water partition coefficient (Wildman–Crippen LogP) is 4.46. The number of hydrogen-bond donors (Lipinski definition) is 2. The molecule has 2 aromatic carbocycles. The summed E-state index contributed by atoms with van der Waals surface area (Å²) in [6.07, 6.45) is -4.03. The second kappa shape index (κ2) is 10.9. The van der Waals surface area contributed by atoms with Gasteiger partial charge in [-0.25, -0.2) is 0 Å². The maximum Gasteiger partial charge on any atom is 0.573 e. The van der Waals surface area contributed by atoms with Crippen molar-refractivity contribution >= 4 is 41.3 Å². The molecule has 0 saturated heterocycles. The summed E-state index contributed by atoms with van der Waals surface area (Å²) in [5, 5.41) is 2.64. The number of benzene rings is 2.